The highest BCUT2D eigenvalue weighted by atomic mass is 19.4. The molecular weight excluding hydrogens is 464 g/mol. The summed E-state index contributed by atoms with van der Waals surface area (Å²) in [5, 5.41) is 2.89. The van der Waals surface area contributed by atoms with Gasteiger partial charge in [-0.1, -0.05) is 30.3 Å². The molecule has 0 aliphatic carbocycles. The lowest BCUT2D eigenvalue weighted by Gasteiger charge is -2.36. The van der Waals surface area contributed by atoms with Crippen molar-refractivity contribution in [3.05, 3.63) is 82.1 Å². The van der Waals surface area contributed by atoms with Gasteiger partial charge in [0.05, 0.1) is 36.4 Å². The second-order valence-electron chi connectivity index (χ2n) is 7.54. The largest absolute Gasteiger partial charge is 0.466 e. The van der Waals surface area contributed by atoms with Crippen molar-refractivity contribution in [3.8, 4) is 0 Å². The Bertz CT molecular complexity index is 1140. The van der Waals surface area contributed by atoms with Gasteiger partial charge in [0.1, 0.15) is 0 Å². The third kappa shape index (κ3) is 5.18. The van der Waals surface area contributed by atoms with Gasteiger partial charge in [0.25, 0.3) is 0 Å². The number of guanidine groups is 1. The van der Waals surface area contributed by atoms with Crippen LogP contribution in [0.15, 0.2) is 64.8 Å². The van der Waals surface area contributed by atoms with Crippen LogP contribution in [0.25, 0.3) is 0 Å². The summed E-state index contributed by atoms with van der Waals surface area (Å²) in [6.45, 7) is 1.20. The molecule has 5 nitrogen and oxygen atoms in total. The zero-order valence-corrected chi connectivity index (χ0v) is 18.4. The number of halogens is 6. The summed E-state index contributed by atoms with van der Waals surface area (Å²) in [5.41, 5.74) is -1.32. The Balaban J connectivity index is 2.06. The standard InChI is InChI=1S/C23H21F6N3O2/c1-13-18(20(33)34-3)19(14-8-6-9-16(11-14)22(24,25)26)31-21(32(13)2)30-12-15-7-4-5-10-17(15)23(27,28)29/h4-11,19H,12H2,1-3H3,(H,30,31). The molecule has 1 N–H and O–H groups in total. The molecule has 0 saturated carbocycles. The van der Waals surface area contributed by atoms with Crippen LogP contribution < -0.4 is 5.32 Å². The maximum atomic E-state index is 13.3. The van der Waals surface area contributed by atoms with Crippen molar-refractivity contribution in [3.63, 3.8) is 0 Å². The van der Waals surface area contributed by atoms with Gasteiger partial charge in [0.2, 0.25) is 0 Å². The SMILES string of the molecule is COC(=O)C1=C(C)N(C)C(=NCc2ccccc2C(F)(F)F)NC1c1cccc(C(F)(F)F)c1. The number of nitrogens with one attached hydrogen (secondary N) is 1. The first kappa shape index (κ1) is 25.1. The number of aliphatic imine (C=N–C) groups is 1. The van der Waals surface area contributed by atoms with E-state index < -0.39 is 35.5 Å². The van der Waals surface area contributed by atoms with E-state index in [1.54, 1.807) is 6.92 Å². The quantitative estimate of drug-likeness (QED) is 0.472. The number of ether oxygens (including phenoxy) is 1. The third-order valence-corrected chi connectivity index (χ3v) is 5.45. The number of allylic oxidation sites excluding steroid dienone is 1. The number of rotatable bonds is 4. The summed E-state index contributed by atoms with van der Waals surface area (Å²) < 4.78 is 84.6. The van der Waals surface area contributed by atoms with E-state index in [-0.39, 0.29) is 29.2 Å². The molecule has 0 saturated heterocycles. The molecule has 3 rings (SSSR count). The number of hydrogen-bond acceptors (Lipinski definition) is 3. The van der Waals surface area contributed by atoms with E-state index in [0.717, 1.165) is 25.3 Å². The Labute approximate surface area is 191 Å². The van der Waals surface area contributed by atoms with Gasteiger partial charge < -0.3 is 15.0 Å². The van der Waals surface area contributed by atoms with Crippen LogP contribution >= 0.6 is 0 Å². The van der Waals surface area contributed by atoms with Crippen molar-refractivity contribution >= 4 is 11.9 Å². The molecular formula is C23H21F6N3O2. The van der Waals surface area contributed by atoms with Crippen LogP contribution in [-0.4, -0.2) is 31.0 Å². The fourth-order valence-corrected chi connectivity index (χ4v) is 3.61. The highest BCUT2D eigenvalue weighted by Crippen LogP contribution is 2.36. The Morgan fingerprint density at radius 2 is 1.74 bits per heavy atom. The Kier molecular flexibility index (Phi) is 6.94. The zero-order chi connectivity index (χ0) is 25.3. The first-order valence-corrected chi connectivity index (χ1v) is 10.0. The number of esters is 1. The van der Waals surface area contributed by atoms with Crippen LogP contribution in [0, 0.1) is 0 Å². The fourth-order valence-electron chi connectivity index (χ4n) is 3.61. The predicted molar refractivity (Wildman–Crippen MR) is 112 cm³/mol. The molecule has 1 unspecified atom stereocenters. The lowest BCUT2D eigenvalue weighted by atomic mass is 9.93. The van der Waals surface area contributed by atoms with E-state index in [1.807, 2.05) is 0 Å². The molecule has 1 heterocycles. The minimum absolute atomic E-state index is 0.0546. The summed E-state index contributed by atoms with van der Waals surface area (Å²) in [7, 11) is 2.67. The lowest BCUT2D eigenvalue weighted by molar-refractivity contribution is -0.138. The van der Waals surface area contributed by atoms with Gasteiger partial charge in [-0.15, -0.1) is 0 Å². The van der Waals surface area contributed by atoms with Crippen molar-refractivity contribution < 1.29 is 35.9 Å². The molecule has 1 aliphatic heterocycles. The molecule has 2 aromatic carbocycles. The Morgan fingerprint density at radius 3 is 2.35 bits per heavy atom. The predicted octanol–water partition coefficient (Wildman–Crippen LogP) is 5.30. The highest BCUT2D eigenvalue weighted by molar-refractivity contribution is 5.96. The molecule has 11 heteroatoms. The molecule has 1 atom stereocenters. The number of benzene rings is 2. The fraction of sp³-hybridized carbons (Fsp3) is 0.304. The molecule has 0 spiro atoms. The average molecular weight is 485 g/mol. The van der Waals surface area contributed by atoms with Gasteiger partial charge in [-0.2, -0.15) is 26.3 Å². The van der Waals surface area contributed by atoms with Gasteiger partial charge in [-0.3, -0.25) is 0 Å². The van der Waals surface area contributed by atoms with Gasteiger partial charge in [0.15, 0.2) is 5.96 Å². The molecule has 0 fully saturated rings. The van der Waals surface area contributed by atoms with Crippen LogP contribution in [0.2, 0.25) is 0 Å². The molecule has 1 aliphatic rings. The molecule has 0 amide bonds. The Morgan fingerprint density at radius 1 is 1.06 bits per heavy atom. The van der Waals surface area contributed by atoms with E-state index in [2.05, 4.69) is 10.3 Å². The van der Waals surface area contributed by atoms with Crippen molar-refractivity contribution in [1.29, 1.82) is 0 Å². The monoisotopic (exact) mass is 485 g/mol. The van der Waals surface area contributed by atoms with Gasteiger partial charge in [-0.05, 0) is 36.2 Å². The van der Waals surface area contributed by atoms with Crippen molar-refractivity contribution in [1.82, 2.24) is 10.2 Å². The topological polar surface area (TPSA) is 53.9 Å². The van der Waals surface area contributed by atoms with Crippen LogP contribution in [0.4, 0.5) is 26.3 Å². The summed E-state index contributed by atoms with van der Waals surface area (Å²) in [5.74, 6) is -0.676. The second-order valence-corrected chi connectivity index (χ2v) is 7.54. The summed E-state index contributed by atoms with van der Waals surface area (Å²) in [4.78, 5) is 18.2. The maximum absolute atomic E-state index is 13.3. The van der Waals surface area contributed by atoms with Gasteiger partial charge in [-0.25, -0.2) is 9.79 Å². The van der Waals surface area contributed by atoms with E-state index >= 15 is 0 Å². The first-order chi connectivity index (χ1) is 15.8. The van der Waals surface area contributed by atoms with E-state index in [4.69, 9.17) is 4.74 Å². The molecule has 0 bridgehead atoms. The smallest absolute Gasteiger partial charge is 0.416 e. The minimum Gasteiger partial charge on any atom is -0.466 e. The molecule has 34 heavy (non-hydrogen) atoms. The molecule has 182 valence electrons. The van der Waals surface area contributed by atoms with Gasteiger partial charge in [0, 0.05) is 12.7 Å². The zero-order valence-electron chi connectivity index (χ0n) is 18.4. The lowest BCUT2D eigenvalue weighted by Crippen LogP contribution is -2.47. The second kappa shape index (κ2) is 9.40. The average Bonchev–Trinajstić information content (AvgIpc) is 2.78. The summed E-state index contributed by atoms with van der Waals surface area (Å²) in [6, 6.07) is 8.30. The third-order valence-electron chi connectivity index (χ3n) is 5.45. The van der Waals surface area contributed by atoms with E-state index in [1.165, 1.54) is 42.3 Å². The minimum atomic E-state index is -4.61. The molecule has 0 radical (unpaired) electrons. The van der Waals surface area contributed by atoms with E-state index in [0.29, 0.717) is 5.70 Å². The van der Waals surface area contributed by atoms with Crippen LogP contribution in [0.5, 0.6) is 0 Å². The normalized spacial score (nSPS) is 18.2. The Hall–Kier alpha value is -3.50. The van der Waals surface area contributed by atoms with Crippen molar-refractivity contribution in [2.45, 2.75) is 31.9 Å². The molecule has 2 aromatic rings. The number of hydrogen-bond donors (Lipinski definition) is 1. The van der Waals surface area contributed by atoms with Gasteiger partial charge >= 0.3 is 18.3 Å². The van der Waals surface area contributed by atoms with E-state index in [9.17, 15) is 31.1 Å². The number of nitrogens with zero attached hydrogens (tertiary/aromatic N) is 2. The first-order valence-electron chi connectivity index (χ1n) is 10.0. The molecule has 0 aromatic heterocycles. The number of carbonyl (C=O) groups is 1. The maximum Gasteiger partial charge on any atom is 0.416 e. The van der Waals surface area contributed by atoms with Crippen LogP contribution in [0.3, 0.4) is 0 Å². The number of carbonyl (C=O) groups excluding carboxylic acids is 1. The van der Waals surface area contributed by atoms with Crippen LogP contribution in [-0.2, 0) is 28.4 Å². The van der Waals surface area contributed by atoms with Crippen LogP contribution in [0.1, 0.15) is 35.2 Å². The highest BCUT2D eigenvalue weighted by Gasteiger charge is 2.37. The van der Waals surface area contributed by atoms with Crippen molar-refractivity contribution in [2.24, 2.45) is 4.99 Å². The van der Waals surface area contributed by atoms with Crippen molar-refractivity contribution in [2.75, 3.05) is 14.2 Å². The summed E-state index contributed by atoms with van der Waals surface area (Å²) >= 11 is 0. The number of methoxy groups -OCH3 is 1. The number of alkyl halides is 6. The summed E-state index contributed by atoms with van der Waals surface area (Å²) in [6.07, 6.45) is -9.18.